The third kappa shape index (κ3) is 4.59. The molecule has 2 aliphatic heterocycles. The lowest BCUT2D eigenvalue weighted by atomic mass is 10.00. The van der Waals surface area contributed by atoms with Crippen molar-refractivity contribution in [3.05, 3.63) is 91.6 Å². The third-order valence-electron chi connectivity index (χ3n) is 6.56. The summed E-state index contributed by atoms with van der Waals surface area (Å²) in [5.41, 5.74) is 5.69. The molecule has 0 bridgehead atoms. The molecule has 2 aromatic carbocycles. The van der Waals surface area contributed by atoms with Crippen LogP contribution in [0.15, 0.2) is 53.4 Å². The Hall–Kier alpha value is -3.00. The molecule has 3 amide bonds. The van der Waals surface area contributed by atoms with Gasteiger partial charge >= 0.3 is 0 Å². The van der Waals surface area contributed by atoms with Crippen LogP contribution in [0.3, 0.4) is 0 Å². The second-order valence-corrected chi connectivity index (χ2v) is 10.7. The normalized spacial score (nSPS) is 16.7. The lowest BCUT2D eigenvalue weighted by Gasteiger charge is -2.29. The van der Waals surface area contributed by atoms with Crippen LogP contribution < -0.4 is 0 Å². The fourth-order valence-corrected chi connectivity index (χ4v) is 6.01. The highest BCUT2D eigenvalue weighted by Gasteiger charge is 2.37. The molecule has 0 spiro atoms. The van der Waals surface area contributed by atoms with Crippen molar-refractivity contribution in [1.29, 1.82) is 0 Å². The average molecular weight is 540 g/mol. The van der Waals surface area contributed by atoms with Crippen molar-refractivity contribution in [3.8, 4) is 5.69 Å². The Morgan fingerprint density at radius 2 is 1.81 bits per heavy atom. The van der Waals surface area contributed by atoms with Crippen LogP contribution in [0.5, 0.6) is 0 Å². The van der Waals surface area contributed by atoms with Gasteiger partial charge in [0.1, 0.15) is 6.54 Å². The zero-order valence-corrected chi connectivity index (χ0v) is 22.1. The maximum absolute atomic E-state index is 13.1. The fourth-order valence-electron chi connectivity index (χ4n) is 4.69. The number of halogens is 2. The predicted molar refractivity (Wildman–Crippen MR) is 144 cm³/mol. The maximum atomic E-state index is 13.1. The monoisotopic (exact) mass is 539 g/mol. The van der Waals surface area contributed by atoms with Gasteiger partial charge in [0, 0.05) is 29.5 Å². The summed E-state index contributed by atoms with van der Waals surface area (Å²) in [5, 5.41) is 0.616. The number of carbonyl (C=O) groups excluding carboxylic acids is 3. The highest BCUT2D eigenvalue weighted by atomic mass is 35.5. The summed E-state index contributed by atoms with van der Waals surface area (Å²) < 4.78 is 1.98. The summed E-state index contributed by atoms with van der Waals surface area (Å²) in [6.07, 6.45) is 2.46. The largest absolute Gasteiger partial charge is 0.336 e. The third-order valence-corrected chi connectivity index (χ3v) is 8.00. The molecule has 0 atom stereocenters. The molecule has 6 nitrogen and oxygen atoms in total. The second kappa shape index (κ2) is 9.81. The number of aryl methyl sites for hydroxylation is 1. The fraction of sp³-hybridized carbons (Fsp3) is 0.222. The molecule has 36 heavy (non-hydrogen) atoms. The van der Waals surface area contributed by atoms with E-state index < -0.39 is 11.1 Å². The molecule has 0 aliphatic carbocycles. The van der Waals surface area contributed by atoms with E-state index in [-0.39, 0.29) is 12.5 Å². The van der Waals surface area contributed by atoms with Gasteiger partial charge in [0.2, 0.25) is 5.91 Å². The van der Waals surface area contributed by atoms with Crippen molar-refractivity contribution in [2.45, 2.75) is 26.8 Å². The van der Waals surface area contributed by atoms with Gasteiger partial charge in [-0.15, -0.1) is 0 Å². The molecular weight excluding hydrogens is 517 g/mol. The van der Waals surface area contributed by atoms with Gasteiger partial charge in [-0.3, -0.25) is 19.3 Å². The van der Waals surface area contributed by atoms with Gasteiger partial charge in [0.05, 0.1) is 15.6 Å². The van der Waals surface area contributed by atoms with E-state index in [4.69, 9.17) is 23.2 Å². The van der Waals surface area contributed by atoms with E-state index >= 15 is 0 Å². The van der Waals surface area contributed by atoms with Crippen molar-refractivity contribution in [2.24, 2.45) is 0 Å². The first-order valence-corrected chi connectivity index (χ1v) is 13.0. The molecule has 9 heteroatoms. The molecule has 1 saturated heterocycles. The summed E-state index contributed by atoms with van der Waals surface area (Å²) in [5.74, 6) is -0.686. The first kappa shape index (κ1) is 24.7. The van der Waals surface area contributed by atoms with Crippen LogP contribution in [-0.2, 0) is 22.6 Å². The summed E-state index contributed by atoms with van der Waals surface area (Å²) in [7, 11) is 0. The van der Waals surface area contributed by atoms with Crippen LogP contribution in [0.1, 0.15) is 28.1 Å². The van der Waals surface area contributed by atoms with E-state index in [1.807, 2.05) is 48.7 Å². The van der Waals surface area contributed by atoms with E-state index in [1.54, 1.807) is 23.1 Å². The number of fused-ring (bicyclic) bond motifs is 1. The molecule has 0 unspecified atom stereocenters. The SMILES string of the molecule is Cc1cc(/C=C2\SC(=O)N(CC(=O)N3CCc4ccccc4C3)C2=O)c(C)n1-c1ccc(Cl)cc1Cl. The zero-order valence-electron chi connectivity index (χ0n) is 19.8. The van der Waals surface area contributed by atoms with Crippen LogP contribution in [0, 0.1) is 13.8 Å². The van der Waals surface area contributed by atoms with Gasteiger partial charge in [-0.2, -0.15) is 0 Å². The molecule has 1 aromatic heterocycles. The van der Waals surface area contributed by atoms with Crippen molar-refractivity contribution < 1.29 is 14.4 Å². The number of nitrogens with zero attached hydrogens (tertiary/aromatic N) is 3. The van der Waals surface area contributed by atoms with E-state index in [1.165, 1.54) is 5.56 Å². The van der Waals surface area contributed by atoms with Gasteiger partial charge in [-0.05, 0) is 79.1 Å². The van der Waals surface area contributed by atoms with Crippen molar-refractivity contribution in [1.82, 2.24) is 14.4 Å². The highest BCUT2D eigenvalue weighted by molar-refractivity contribution is 8.18. The number of hydrogen-bond donors (Lipinski definition) is 0. The van der Waals surface area contributed by atoms with Crippen molar-refractivity contribution >= 4 is 58.1 Å². The first-order chi connectivity index (χ1) is 17.2. The molecule has 3 aromatic rings. The van der Waals surface area contributed by atoms with Crippen LogP contribution in [-0.4, -0.2) is 44.5 Å². The minimum Gasteiger partial charge on any atom is -0.336 e. The molecule has 5 rings (SSSR count). The van der Waals surface area contributed by atoms with Gasteiger partial charge in [0.25, 0.3) is 11.1 Å². The molecule has 0 radical (unpaired) electrons. The summed E-state index contributed by atoms with van der Waals surface area (Å²) in [4.78, 5) is 41.8. The number of benzene rings is 2. The number of hydrogen-bond acceptors (Lipinski definition) is 4. The van der Waals surface area contributed by atoms with Crippen LogP contribution in [0.4, 0.5) is 4.79 Å². The lowest BCUT2D eigenvalue weighted by Crippen LogP contribution is -2.44. The number of imide groups is 1. The standard InChI is InChI=1S/C27H23Cl2N3O3S/c1-16-11-20(17(2)32(16)23-8-7-21(28)13-22(23)29)12-24-26(34)31(27(35)36-24)15-25(33)30-10-9-18-5-3-4-6-19(18)14-30/h3-8,11-13H,9-10,14-15H2,1-2H3/b24-12-. The number of rotatable bonds is 4. The van der Waals surface area contributed by atoms with E-state index in [2.05, 4.69) is 6.07 Å². The predicted octanol–water partition coefficient (Wildman–Crippen LogP) is 6.02. The zero-order chi connectivity index (χ0) is 25.6. The minimum absolute atomic E-state index is 0.233. The molecule has 184 valence electrons. The summed E-state index contributed by atoms with van der Waals surface area (Å²) >= 11 is 13.3. The quantitative estimate of drug-likeness (QED) is 0.380. The lowest BCUT2D eigenvalue weighted by molar-refractivity contribution is -0.136. The Kier molecular flexibility index (Phi) is 6.72. The maximum Gasteiger partial charge on any atom is 0.294 e. The number of amides is 3. The Bertz CT molecular complexity index is 1450. The smallest absolute Gasteiger partial charge is 0.294 e. The van der Waals surface area contributed by atoms with E-state index in [0.29, 0.717) is 28.0 Å². The second-order valence-electron chi connectivity index (χ2n) is 8.86. The summed E-state index contributed by atoms with van der Waals surface area (Å²) in [6.45, 7) is 4.66. The van der Waals surface area contributed by atoms with E-state index in [0.717, 1.165) is 51.3 Å². The number of aromatic nitrogens is 1. The molecule has 0 N–H and O–H groups in total. The van der Waals surface area contributed by atoms with E-state index in [9.17, 15) is 14.4 Å². The molecule has 1 fully saturated rings. The van der Waals surface area contributed by atoms with Gasteiger partial charge in [0.15, 0.2) is 0 Å². The Morgan fingerprint density at radius 1 is 1.06 bits per heavy atom. The van der Waals surface area contributed by atoms with Crippen LogP contribution >= 0.6 is 35.0 Å². The van der Waals surface area contributed by atoms with Gasteiger partial charge < -0.3 is 9.47 Å². The topological polar surface area (TPSA) is 62.6 Å². The van der Waals surface area contributed by atoms with Crippen LogP contribution in [0.2, 0.25) is 10.0 Å². The Labute approximate surface area is 223 Å². The molecule has 3 heterocycles. The highest BCUT2D eigenvalue weighted by Crippen LogP contribution is 2.35. The molecule has 0 saturated carbocycles. The van der Waals surface area contributed by atoms with Crippen LogP contribution in [0.25, 0.3) is 11.8 Å². The Balaban J connectivity index is 1.34. The number of carbonyl (C=O) groups is 3. The molecular formula is C27H23Cl2N3O3S. The summed E-state index contributed by atoms with van der Waals surface area (Å²) in [6, 6.07) is 15.2. The number of thioether (sulfide) groups is 1. The molecule has 2 aliphatic rings. The van der Waals surface area contributed by atoms with Crippen molar-refractivity contribution in [3.63, 3.8) is 0 Å². The van der Waals surface area contributed by atoms with Crippen molar-refractivity contribution in [2.75, 3.05) is 13.1 Å². The average Bonchev–Trinajstić information content (AvgIpc) is 3.28. The Morgan fingerprint density at radius 3 is 2.56 bits per heavy atom. The van der Waals surface area contributed by atoms with Gasteiger partial charge in [-0.25, -0.2) is 0 Å². The van der Waals surface area contributed by atoms with Gasteiger partial charge in [-0.1, -0.05) is 47.5 Å². The minimum atomic E-state index is -0.454. The first-order valence-electron chi connectivity index (χ1n) is 11.5.